The Hall–Kier alpha value is -4.59. The molecule has 1 unspecified atom stereocenters. The van der Waals surface area contributed by atoms with Crippen molar-refractivity contribution in [2.24, 2.45) is 5.92 Å². The van der Waals surface area contributed by atoms with Crippen LogP contribution < -0.4 is 4.74 Å². The Bertz CT molecular complexity index is 1350. The van der Waals surface area contributed by atoms with Crippen LogP contribution in [0.2, 0.25) is 0 Å². The van der Waals surface area contributed by atoms with Gasteiger partial charge in [-0.15, -0.1) is 0 Å². The summed E-state index contributed by atoms with van der Waals surface area (Å²) in [6.45, 7) is 2.14. The zero-order valence-electron chi connectivity index (χ0n) is 23.2. The standard InChI is InChI=1S/C33H35NO7/c1-39-32(37)29-17-12-26(13-18-29)23-25(8-7-24-9-15-28(16-10-24)31(35)36)11-14-27-5-2-3-6-30(27)40-21-4-19-34-20-22-41-33(34)38/h2-3,5-6,9-18,25H,4,7-8,19-23H2,1H3,(H,35,36). The van der Waals surface area contributed by atoms with Gasteiger partial charge in [0.2, 0.25) is 0 Å². The quantitative estimate of drug-likeness (QED) is 0.195. The summed E-state index contributed by atoms with van der Waals surface area (Å²) in [6.07, 6.45) is 7.09. The van der Waals surface area contributed by atoms with Gasteiger partial charge in [0.1, 0.15) is 12.4 Å². The molecule has 0 radical (unpaired) electrons. The Labute approximate surface area is 240 Å². The second-order valence-corrected chi connectivity index (χ2v) is 9.89. The number of methoxy groups -OCH3 is 1. The van der Waals surface area contributed by atoms with Crippen molar-refractivity contribution in [1.29, 1.82) is 0 Å². The molecule has 0 spiro atoms. The predicted molar refractivity (Wildman–Crippen MR) is 155 cm³/mol. The van der Waals surface area contributed by atoms with Gasteiger partial charge in [-0.2, -0.15) is 0 Å². The van der Waals surface area contributed by atoms with Crippen molar-refractivity contribution in [3.63, 3.8) is 0 Å². The molecule has 1 heterocycles. The summed E-state index contributed by atoms with van der Waals surface area (Å²) in [5.41, 5.74) is 3.91. The second-order valence-electron chi connectivity index (χ2n) is 9.89. The number of benzene rings is 3. The van der Waals surface area contributed by atoms with E-state index in [1.807, 2.05) is 48.5 Å². The molecule has 0 aromatic heterocycles. The summed E-state index contributed by atoms with van der Waals surface area (Å²) >= 11 is 0. The third-order valence-corrected chi connectivity index (χ3v) is 7.02. The highest BCUT2D eigenvalue weighted by Crippen LogP contribution is 2.24. The van der Waals surface area contributed by atoms with Crippen LogP contribution in [0.1, 0.15) is 50.2 Å². The van der Waals surface area contributed by atoms with Crippen molar-refractivity contribution < 1.29 is 33.7 Å². The third-order valence-electron chi connectivity index (χ3n) is 7.02. The monoisotopic (exact) mass is 557 g/mol. The first-order valence-corrected chi connectivity index (χ1v) is 13.7. The minimum Gasteiger partial charge on any atom is -0.493 e. The largest absolute Gasteiger partial charge is 0.493 e. The van der Waals surface area contributed by atoms with E-state index < -0.39 is 5.97 Å². The molecule has 0 saturated carbocycles. The second kappa shape index (κ2) is 14.7. The van der Waals surface area contributed by atoms with E-state index in [1.54, 1.807) is 29.2 Å². The molecule has 1 N–H and O–H groups in total. The summed E-state index contributed by atoms with van der Waals surface area (Å²) in [6, 6.07) is 22.3. The van der Waals surface area contributed by atoms with Crippen LogP contribution >= 0.6 is 0 Å². The van der Waals surface area contributed by atoms with E-state index >= 15 is 0 Å². The molecule has 1 amide bonds. The normalized spacial score (nSPS) is 13.7. The Balaban J connectivity index is 1.43. The number of carboxylic acids is 1. The molecule has 8 heteroatoms. The zero-order chi connectivity index (χ0) is 29.0. The fourth-order valence-electron chi connectivity index (χ4n) is 4.69. The fraction of sp³-hybridized carbons (Fsp3) is 0.303. The molecule has 214 valence electrons. The number of aryl methyl sites for hydroxylation is 1. The number of ether oxygens (including phenoxy) is 3. The molecule has 1 saturated heterocycles. The number of nitrogens with zero attached hydrogens (tertiary/aromatic N) is 1. The van der Waals surface area contributed by atoms with Gasteiger partial charge in [-0.3, -0.25) is 0 Å². The molecule has 1 aliphatic heterocycles. The number of carboxylic acid groups (broad SMARTS) is 1. The number of hydrogen-bond donors (Lipinski definition) is 1. The van der Waals surface area contributed by atoms with Crippen molar-refractivity contribution in [3.05, 3.63) is 107 Å². The van der Waals surface area contributed by atoms with Crippen molar-refractivity contribution in [2.75, 3.05) is 33.4 Å². The van der Waals surface area contributed by atoms with E-state index in [0.717, 1.165) is 41.7 Å². The van der Waals surface area contributed by atoms with E-state index in [-0.39, 0.29) is 23.5 Å². The Morgan fingerprint density at radius 2 is 1.71 bits per heavy atom. The summed E-state index contributed by atoms with van der Waals surface area (Å²) in [7, 11) is 1.37. The molecule has 1 fully saturated rings. The molecule has 8 nitrogen and oxygen atoms in total. The first-order valence-electron chi connectivity index (χ1n) is 13.7. The molecular formula is C33H35NO7. The van der Waals surface area contributed by atoms with Crippen LogP contribution in [0.3, 0.4) is 0 Å². The number of para-hydroxylation sites is 1. The van der Waals surface area contributed by atoms with E-state index in [9.17, 15) is 19.5 Å². The number of aromatic carboxylic acids is 1. The lowest BCUT2D eigenvalue weighted by Crippen LogP contribution is -2.26. The molecular weight excluding hydrogens is 522 g/mol. The molecule has 41 heavy (non-hydrogen) atoms. The van der Waals surface area contributed by atoms with Crippen LogP contribution in [0, 0.1) is 5.92 Å². The van der Waals surface area contributed by atoms with E-state index in [0.29, 0.717) is 38.3 Å². The Morgan fingerprint density at radius 3 is 2.39 bits per heavy atom. The molecule has 1 aliphatic rings. The molecule has 3 aromatic carbocycles. The summed E-state index contributed by atoms with van der Waals surface area (Å²) in [4.78, 5) is 36.4. The minimum atomic E-state index is -0.938. The lowest BCUT2D eigenvalue weighted by atomic mass is 9.91. The molecule has 1 atom stereocenters. The van der Waals surface area contributed by atoms with Crippen LogP contribution in [0.25, 0.3) is 6.08 Å². The summed E-state index contributed by atoms with van der Waals surface area (Å²) in [5.74, 6) is -0.354. The number of allylic oxidation sites excluding steroid dienone is 1. The molecule has 3 aromatic rings. The number of amides is 1. The van der Waals surface area contributed by atoms with Crippen molar-refractivity contribution >= 4 is 24.1 Å². The Morgan fingerprint density at radius 1 is 1.00 bits per heavy atom. The minimum absolute atomic E-state index is 0.173. The van der Waals surface area contributed by atoms with E-state index in [4.69, 9.17) is 14.2 Å². The molecule has 0 bridgehead atoms. The highest BCUT2D eigenvalue weighted by atomic mass is 16.6. The van der Waals surface area contributed by atoms with Crippen LogP contribution in [0.4, 0.5) is 4.79 Å². The topological polar surface area (TPSA) is 102 Å². The van der Waals surface area contributed by atoms with Gasteiger partial charge >= 0.3 is 18.0 Å². The lowest BCUT2D eigenvalue weighted by molar-refractivity contribution is 0.0599. The van der Waals surface area contributed by atoms with Gasteiger partial charge in [0.15, 0.2) is 0 Å². The maximum atomic E-state index is 11.8. The van der Waals surface area contributed by atoms with Gasteiger partial charge < -0.3 is 24.2 Å². The summed E-state index contributed by atoms with van der Waals surface area (Å²) in [5, 5.41) is 9.19. The number of hydrogen-bond acceptors (Lipinski definition) is 6. The van der Waals surface area contributed by atoms with Gasteiger partial charge in [-0.25, -0.2) is 14.4 Å². The maximum Gasteiger partial charge on any atom is 0.409 e. The van der Waals surface area contributed by atoms with Crippen LogP contribution in [-0.4, -0.2) is 61.5 Å². The van der Waals surface area contributed by atoms with Gasteiger partial charge in [0.25, 0.3) is 0 Å². The van der Waals surface area contributed by atoms with E-state index in [2.05, 4.69) is 12.2 Å². The van der Waals surface area contributed by atoms with Crippen molar-refractivity contribution in [1.82, 2.24) is 4.90 Å². The lowest BCUT2D eigenvalue weighted by Gasteiger charge is -2.15. The molecule has 4 rings (SSSR count). The van der Waals surface area contributed by atoms with Crippen LogP contribution in [0.5, 0.6) is 5.75 Å². The number of carbonyl (C=O) groups is 3. The van der Waals surface area contributed by atoms with Gasteiger partial charge in [-0.1, -0.05) is 54.6 Å². The zero-order valence-corrected chi connectivity index (χ0v) is 23.2. The number of carbonyl (C=O) groups excluding carboxylic acids is 2. The third kappa shape index (κ3) is 8.70. The summed E-state index contributed by atoms with van der Waals surface area (Å²) < 4.78 is 15.9. The predicted octanol–water partition coefficient (Wildman–Crippen LogP) is 5.90. The first-order chi connectivity index (χ1) is 19.9. The smallest absolute Gasteiger partial charge is 0.409 e. The fourth-order valence-corrected chi connectivity index (χ4v) is 4.69. The first kappa shape index (κ1) is 29.4. The van der Waals surface area contributed by atoms with Gasteiger partial charge in [-0.05, 0) is 73.1 Å². The highest BCUT2D eigenvalue weighted by Gasteiger charge is 2.21. The van der Waals surface area contributed by atoms with Gasteiger partial charge in [0, 0.05) is 12.1 Å². The highest BCUT2D eigenvalue weighted by molar-refractivity contribution is 5.89. The SMILES string of the molecule is COC(=O)c1ccc(CC(C=Cc2ccccc2OCCCN2CCOC2=O)CCc2ccc(C(=O)O)cc2)cc1. The van der Waals surface area contributed by atoms with E-state index in [1.165, 1.54) is 7.11 Å². The molecule has 0 aliphatic carbocycles. The van der Waals surface area contributed by atoms with Crippen LogP contribution in [0.15, 0.2) is 78.9 Å². The number of esters is 1. The maximum absolute atomic E-state index is 11.8. The number of cyclic esters (lactones) is 1. The average molecular weight is 558 g/mol. The number of rotatable bonds is 14. The van der Waals surface area contributed by atoms with Crippen LogP contribution in [-0.2, 0) is 22.3 Å². The van der Waals surface area contributed by atoms with Crippen molar-refractivity contribution in [3.8, 4) is 5.75 Å². The van der Waals surface area contributed by atoms with Gasteiger partial charge in [0.05, 0.1) is 31.4 Å². The van der Waals surface area contributed by atoms with Crippen molar-refractivity contribution in [2.45, 2.75) is 25.7 Å². The Kier molecular flexibility index (Phi) is 10.5. The average Bonchev–Trinajstić information content (AvgIpc) is 3.41.